The second-order valence-corrected chi connectivity index (χ2v) is 7.00. The van der Waals surface area contributed by atoms with Crippen molar-refractivity contribution in [2.24, 2.45) is 5.92 Å². The van der Waals surface area contributed by atoms with E-state index < -0.39 is 29.2 Å². The Bertz CT molecular complexity index is 746. The van der Waals surface area contributed by atoms with Crippen molar-refractivity contribution in [3.63, 3.8) is 0 Å². The van der Waals surface area contributed by atoms with Gasteiger partial charge in [0.1, 0.15) is 5.82 Å². The molecule has 0 aliphatic carbocycles. The number of nitrogens with zero attached hydrogens (tertiary/aromatic N) is 2. The molecule has 1 aromatic rings. The molecule has 2 heterocycles. The molecule has 0 bridgehead atoms. The SMILES string of the molecule is CN1C(=O)CC(C(=O)O)C12CCN(C(=O)c1ccc(Cl)cc1F)CC2. The standard InChI is InChI=1S/C17H18ClFN2O4/c1-20-14(22)9-12(16(24)25)17(20)4-6-21(7-5-17)15(23)11-3-2-10(18)8-13(11)19/h2-3,8,12H,4-7,9H2,1H3,(H,24,25). The highest BCUT2D eigenvalue weighted by Gasteiger charge is 2.55. The average Bonchev–Trinajstić information content (AvgIpc) is 2.80. The number of carbonyl (C=O) groups is 3. The summed E-state index contributed by atoms with van der Waals surface area (Å²) in [7, 11) is 1.61. The van der Waals surface area contributed by atoms with Crippen LogP contribution in [0.1, 0.15) is 29.6 Å². The lowest BCUT2D eigenvalue weighted by Gasteiger charge is -2.45. The number of amides is 2. The van der Waals surface area contributed by atoms with Gasteiger partial charge in [-0.1, -0.05) is 11.6 Å². The van der Waals surface area contributed by atoms with Crippen LogP contribution in [0, 0.1) is 11.7 Å². The Labute approximate surface area is 149 Å². The molecular weight excluding hydrogens is 351 g/mol. The highest BCUT2D eigenvalue weighted by atomic mass is 35.5. The molecule has 1 aromatic carbocycles. The zero-order chi connectivity index (χ0) is 18.4. The normalized spacial score (nSPS) is 22.5. The van der Waals surface area contributed by atoms with Gasteiger partial charge < -0.3 is 14.9 Å². The van der Waals surface area contributed by atoms with Gasteiger partial charge in [-0.15, -0.1) is 0 Å². The van der Waals surface area contributed by atoms with Crippen molar-refractivity contribution < 1.29 is 23.9 Å². The maximum Gasteiger partial charge on any atom is 0.309 e. The van der Waals surface area contributed by atoms with E-state index in [9.17, 15) is 23.9 Å². The highest BCUT2D eigenvalue weighted by molar-refractivity contribution is 6.30. The zero-order valence-electron chi connectivity index (χ0n) is 13.7. The predicted molar refractivity (Wildman–Crippen MR) is 87.8 cm³/mol. The summed E-state index contributed by atoms with van der Waals surface area (Å²) < 4.78 is 14.0. The fraction of sp³-hybridized carbons (Fsp3) is 0.471. The molecule has 8 heteroatoms. The van der Waals surface area contributed by atoms with Crippen LogP contribution >= 0.6 is 11.6 Å². The van der Waals surface area contributed by atoms with Crippen LogP contribution in [-0.4, -0.2) is 58.4 Å². The molecule has 2 amide bonds. The Morgan fingerprint density at radius 1 is 1.32 bits per heavy atom. The smallest absolute Gasteiger partial charge is 0.309 e. The zero-order valence-corrected chi connectivity index (χ0v) is 14.4. The molecule has 6 nitrogen and oxygen atoms in total. The summed E-state index contributed by atoms with van der Waals surface area (Å²) in [6, 6.07) is 3.88. The number of hydrogen-bond acceptors (Lipinski definition) is 3. The molecule has 0 saturated carbocycles. The molecule has 1 spiro atoms. The van der Waals surface area contributed by atoms with E-state index in [1.165, 1.54) is 21.9 Å². The number of piperidine rings is 1. The van der Waals surface area contributed by atoms with Gasteiger partial charge in [-0.3, -0.25) is 14.4 Å². The second-order valence-electron chi connectivity index (χ2n) is 6.57. The minimum atomic E-state index is -0.999. The lowest BCUT2D eigenvalue weighted by atomic mass is 9.77. The number of benzene rings is 1. The summed E-state index contributed by atoms with van der Waals surface area (Å²) in [6.45, 7) is 0.532. The quantitative estimate of drug-likeness (QED) is 0.866. The Balaban J connectivity index is 1.78. The van der Waals surface area contributed by atoms with Crippen molar-refractivity contribution in [3.8, 4) is 0 Å². The van der Waals surface area contributed by atoms with E-state index in [4.69, 9.17) is 11.6 Å². The molecule has 1 unspecified atom stereocenters. The van der Waals surface area contributed by atoms with E-state index in [2.05, 4.69) is 0 Å². The Morgan fingerprint density at radius 2 is 1.96 bits per heavy atom. The fourth-order valence-corrected chi connectivity index (χ4v) is 4.07. The molecule has 3 rings (SSSR count). The summed E-state index contributed by atoms with van der Waals surface area (Å²) >= 11 is 5.71. The number of carboxylic acid groups (broad SMARTS) is 1. The van der Waals surface area contributed by atoms with Crippen LogP contribution in [0.15, 0.2) is 18.2 Å². The summed E-state index contributed by atoms with van der Waals surface area (Å²) in [5, 5.41) is 9.67. The Morgan fingerprint density at radius 3 is 2.52 bits per heavy atom. The first kappa shape index (κ1) is 17.7. The largest absolute Gasteiger partial charge is 0.481 e. The van der Waals surface area contributed by atoms with E-state index in [-0.39, 0.29) is 36.0 Å². The monoisotopic (exact) mass is 368 g/mol. The van der Waals surface area contributed by atoms with Gasteiger partial charge in [0.15, 0.2) is 0 Å². The summed E-state index contributed by atoms with van der Waals surface area (Å²) in [4.78, 5) is 39.1. The van der Waals surface area contributed by atoms with Gasteiger partial charge in [0.25, 0.3) is 5.91 Å². The maximum atomic E-state index is 14.0. The topological polar surface area (TPSA) is 77.9 Å². The molecular formula is C17H18ClFN2O4. The summed E-state index contributed by atoms with van der Waals surface area (Å²) in [5.41, 5.74) is -0.843. The van der Waals surface area contributed by atoms with Crippen molar-refractivity contribution in [2.75, 3.05) is 20.1 Å². The number of carboxylic acids is 1. The molecule has 1 N–H and O–H groups in total. The number of aliphatic carboxylic acids is 1. The summed E-state index contributed by atoms with van der Waals surface area (Å²) in [5.74, 6) is -3.12. The average molecular weight is 369 g/mol. The van der Waals surface area contributed by atoms with E-state index in [1.807, 2.05) is 0 Å². The number of carbonyl (C=O) groups excluding carboxylic acids is 2. The fourth-order valence-electron chi connectivity index (χ4n) is 3.91. The van der Waals surface area contributed by atoms with E-state index in [0.717, 1.165) is 6.07 Å². The molecule has 2 aliphatic rings. The van der Waals surface area contributed by atoms with Gasteiger partial charge in [-0.2, -0.15) is 0 Å². The van der Waals surface area contributed by atoms with Crippen LogP contribution in [0.3, 0.4) is 0 Å². The minimum absolute atomic E-state index is 0.0222. The van der Waals surface area contributed by atoms with Gasteiger partial charge >= 0.3 is 5.97 Å². The van der Waals surface area contributed by atoms with Crippen molar-refractivity contribution >= 4 is 29.4 Å². The lowest BCUT2D eigenvalue weighted by Crippen LogP contribution is -2.57. The van der Waals surface area contributed by atoms with Crippen LogP contribution in [0.25, 0.3) is 0 Å². The first-order valence-corrected chi connectivity index (χ1v) is 8.38. The lowest BCUT2D eigenvalue weighted by molar-refractivity contribution is -0.145. The number of hydrogen-bond donors (Lipinski definition) is 1. The number of halogens is 2. The van der Waals surface area contributed by atoms with Crippen LogP contribution < -0.4 is 0 Å². The Hall–Kier alpha value is -2.15. The summed E-state index contributed by atoms with van der Waals surface area (Å²) in [6.07, 6.45) is 0.686. The first-order valence-electron chi connectivity index (χ1n) is 8.00. The van der Waals surface area contributed by atoms with Crippen LogP contribution in [0.5, 0.6) is 0 Å². The molecule has 2 fully saturated rings. The van der Waals surface area contributed by atoms with Crippen LogP contribution in [0.4, 0.5) is 4.39 Å². The highest BCUT2D eigenvalue weighted by Crippen LogP contribution is 2.43. The van der Waals surface area contributed by atoms with Gasteiger partial charge in [0, 0.05) is 31.6 Å². The third-order valence-electron chi connectivity index (χ3n) is 5.45. The van der Waals surface area contributed by atoms with Crippen molar-refractivity contribution in [1.29, 1.82) is 0 Å². The molecule has 2 saturated heterocycles. The van der Waals surface area contributed by atoms with Gasteiger partial charge in [-0.05, 0) is 31.0 Å². The van der Waals surface area contributed by atoms with Crippen molar-refractivity contribution in [2.45, 2.75) is 24.8 Å². The third-order valence-corrected chi connectivity index (χ3v) is 5.68. The predicted octanol–water partition coefficient (Wildman–Crippen LogP) is 2.02. The van der Waals surface area contributed by atoms with Gasteiger partial charge in [-0.25, -0.2) is 4.39 Å². The van der Waals surface area contributed by atoms with Gasteiger partial charge in [0.2, 0.25) is 5.91 Å². The van der Waals surface area contributed by atoms with Crippen molar-refractivity contribution in [3.05, 3.63) is 34.6 Å². The van der Waals surface area contributed by atoms with Crippen LogP contribution in [0.2, 0.25) is 5.02 Å². The maximum absolute atomic E-state index is 14.0. The molecule has 0 aromatic heterocycles. The van der Waals surface area contributed by atoms with E-state index >= 15 is 0 Å². The molecule has 134 valence electrons. The molecule has 2 aliphatic heterocycles. The van der Waals surface area contributed by atoms with Gasteiger partial charge in [0.05, 0.1) is 17.0 Å². The second kappa shape index (κ2) is 6.29. The minimum Gasteiger partial charge on any atom is -0.481 e. The molecule has 0 radical (unpaired) electrons. The molecule has 25 heavy (non-hydrogen) atoms. The first-order chi connectivity index (χ1) is 11.8. The van der Waals surface area contributed by atoms with Crippen molar-refractivity contribution in [1.82, 2.24) is 9.80 Å². The van der Waals surface area contributed by atoms with E-state index in [0.29, 0.717) is 12.8 Å². The number of likely N-dealkylation sites (tertiary alicyclic amines) is 2. The van der Waals surface area contributed by atoms with Crippen LogP contribution in [-0.2, 0) is 9.59 Å². The molecule has 1 atom stereocenters. The number of rotatable bonds is 2. The third kappa shape index (κ3) is 2.86. The Kier molecular flexibility index (Phi) is 4.45. The van der Waals surface area contributed by atoms with E-state index in [1.54, 1.807) is 7.05 Å².